The minimum atomic E-state index is -0.205. The minimum Gasteiger partial charge on any atom is -0.315 e. The second kappa shape index (κ2) is 4.53. The molecule has 1 unspecified atom stereocenters. The third-order valence-corrected chi connectivity index (χ3v) is 3.48. The van der Waals surface area contributed by atoms with Gasteiger partial charge >= 0.3 is 0 Å². The van der Waals surface area contributed by atoms with E-state index >= 15 is 0 Å². The van der Waals surface area contributed by atoms with Gasteiger partial charge in [0.25, 0.3) is 0 Å². The molecule has 0 saturated carbocycles. The number of rotatable bonds is 2. The molecule has 0 spiro atoms. The van der Waals surface area contributed by atoms with Crippen LogP contribution in [0.15, 0.2) is 30.5 Å². The van der Waals surface area contributed by atoms with E-state index in [0.29, 0.717) is 6.04 Å². The standard InChI is InChI=1S/C14H16FN3/c1-10-14(11-2-4-12(15)5-3-11)9-18(17-10)13-6-7-16-8-13/h2-5,9,13,16H,6-8H2,1H3. The highest BCUT2D eigenvalue weighted by Gasteiger charge is 2.18. The van der Waals surface area contributed by atoms with Crippen LogP contribution in [0, 0.1) is 12.7 Å². The van der Waals surface area contributed by atoms with Gasteiger partial charge in [0.1, 0.15) is 5.82 Å². The summed E-state index contributed by atoms with van der Waals surface area (Å²) in [5.41, 5.74) is 3.10. The minimum absolute atomic E-state index is 0.205. The lowest BCUT2D eigenvalue weighted by Crippen LogP contribution is -2.13. The van der Waals surface area contributed by atoms with Crippen LogP contribution in [0.4, 0.5) is 4.39 Å². The van der Waals surface area contributed by atoms with Gasteiger partial charge in [-0.25, -0.2) is 4.39 Å². The molecule has 0 bridgehead atoms. The number of aryl methyl sites for hydroxylation is 1. The summed E-state index contributed by atoms with van der Waals surface area (Å²) >= 11 is 0. The van der Waals surface area contributed by atoms with Crippen LogP contribution in [-0.2, 0) is 0 Å². The smallest absolute Gasteiger partial charge is 0.123 e. The van der Waals surface area contributed by atoms with Crippen molar-refractivity contribution in [1.29, 1.82) is 0 Å². The van der Waals surface area contributed by atoms with Gasteiger partial charge in [0.2, 0.25) is 0 Å². The predicted molar refractivity (Wildman–Crippen MR) is 68.9 cm³/mol. The van der Waals surface area contributed by atoms with E-state index in [2.05, 4.69) is 16.6 Å². The van der Waals surface area contributed by atoms with Crippen molar-refractivity contribution in [1.82, 2.24) is 15.1 Å². The normalized spacial score (nSPS) is 19.3. The molecule has 2 heterocycles. The van der Waals surface area contributed by atoms with Crippen molar-refractivity contribution < 1.29 is 4.39 Å². The van der Waals surface area contributed by atoms with Gasteiger partial charge in [-0.1, -0.05) is 12.1 Å². The number of hydrogen-bond donors (Lipinski definition) is 1. The number of nitrogens with zero attached hydrogens (tertiary/aromatic N) is 2. The maximum atomic E-state index is 12.9. The quantitative estimate of drug-likeness (QED) is 0.881. The maximum absolute atomic E-state index is 12.9. The SMILES string of the molecule is Cc1nn(C2CCNC2)cc1-c1ccc(F)cc1. The van der Waals surface area contributed by atoms with Gasteiger partial charge in [-0.15, -0.1) is 0 Å². The molecular formula is C14H16FN3. The number of aromatic nitrogens is 2. The van der Waals surface area contributed by atoms with E-state index in [1.165, 1.54) is 12.1 Å². The van der Waals surface area contributed by atoms with E-state index in [-0.39, 0.29) is 5.82 Å². The lowest BCUT2D eigenvalue weighted by Gasteiger charge is -2.07. The number of halogens is 1. The highest BCUT2D eigenvalue weighted by atomic mass is 19.1. The number of benzene rings is 1. The second-order valence-corrected chi connectivity index (χ2v) is 4.76. The average molecular weight is 245 g/mol. The summed E-state index contributed by atoms with van der Waals surface area (Å²) in [7, 11) is 0. The average Bonchev–Trinajstić information content (AvgIpc) is 2.99. The summed E-state index contributed by atoms with van der Waals surface area (Å²) in [5, 5.41) is 7.91. The first-order valence-electron chi connectivity index (χ1n) is 6.26. The van der Waals surface area contributed by atoms with E-state index in [1.807, 2.05) is 11.6 Å². The molecule has 1 aromatic carbocycles. The fraction of sp³-hybridized carbons (Fsp3) is 0.357. The Morgan fingerprint density at radius 2 is 2.11 bits per heavy atom. The highest BCUT2D eigenvalue weighted by molar-refractivity contribution is 5.64. The number of nitrogens with one attached hydrogen (secondary N) is 1. The lowest BCUT2D eigenvalue weighted by atomic mass is 10.1. The molecule has 1 aromatic heterocycles. The molecule has 1 aliphatic rings. The third-order valence-electron chi connectivity index (χ3n) is 3.48. The van der Waals surface area contributed by atoms with Crippen molar-refractivity contribution in [2.24, 2.45) is 0 Å². The predicted octanol–water partition coefficient (Wildman–Crippen LogP) is 2.53. The van der Waals surface area contributed by atoms with Crippen molar-refractivity contribution in [2.45, 2.75) is 19.4 Å². The first kappa shape index (κ1) is 11.4. The van der Waals surface area contributed by atoms with Gasteiger partial charge in [0.15, 0.2) is 0 Å². The van der Waals surface area contributed by atoms with Gasteiger partial charge in [0.05, 0.1) is 11.7 Å². The van der Waals surface area contributed by atoms with E-state index in [9.17, 15) is 4.39 Å². The molecule has 3 rings (SSSR count). The summed E-state index contributed by atoms with van der Waals surface area (Å²) in [5.74, 6) is -0.205. The highest BCUT2D eigenvalue weighted by Crippen LogP contribution is 2.25. The molecular weight excluding hydrogens is 229 g/mol. The Kier molecular flexibility index (Phi) is 2.88. The van der Waals surface area contributed by atoms with Crippen molar-refractivity contribution in [3.05, 3.63) is 42.0 Å². The lowest BCUT2D eigenvalue weighted by molar-refractivity contribution is 0.488. The Labute approximate surface area is 106 Å². The number of hydrogen-bond acceptors (Lipinski definition) is 2. The van der Waals surface area contributed by atoms with Crippen LogP contribution >= 0.6 is 0 Å². The van der Waals surface area contributed by atoms with Crippen LogP contribution in [0.25, 0.3) is 11.1 Å². The molecule has 2 aromatic rings. The molecule has 1 N–H and O–H groups in total. The fourth-order valence-electron chi connectivity index (χ4n) is 2.45. The van der Waals surface area contributed by atoms with Crippen LogP contribution in [0.3, 0.4) is 0 Å². The Morgan fingerprint density at radius 3 is 2.78 bits per heavy atom. The zero-order valence-electron chi connectivity index (χ0n) is 10.4. The summed E-state index contributed by atoms with van der Waals surface area (Å²) in [6, 6.07) is 7.03. The van der Waals surface area contributed by atoms with Crippen LogP contribution in [0.2, 0.25) is 0 Å². The second-order valence-electron chi connectivity index (χ2n) is 4.76. The largest absolute Gasteiger partial charge is 0.315 e. The molecule has 0 radical (unpaired) electrons. The van der Waals surface area contributed by atoms with Crippen LogP contribution in [-0.4, -0.2) is 22.9 Å². The van der Waals surface area contributed by atoms with Crippen molar-refractivity contribution in [3.8, 4) is 11.1 Å². The molecule has 3 nitrogen and oxygen atoms in total. The first-order chi connectivity index (χ1) is 8.74. The summed E-state index contributed by atoms with van der Waals surface area (Å²) < 4.78 is 15.0. The first-order valence-corrected chi connectivity index (χ1v) is 6.26. The molecule has 1 atom stereocenters. The van der Waals surface area contributed by atoms with Gasteiger partial charge in [-0.3, -0.25) is 4.68 Å². The third kappa shape index (κ3) is 2.04. The van der Waals surface area contributed by atoms with E-state index in [0.717, 1.165) is 36.3 Å². The van der Waals surface area contributed by atoms with Gasteiger partial charge in [0, 0.05) is 18.3 Å². The molecule has 0 aliphatic carbocycles. The van der Waals surface area contributed by atoms with Gasteiger partial charge in [-0.2, -0.15) is 5.10 Å². The van der Waals surface area contributed by atoms with Crippen LogP contribution in [0.1, 0.15) is 18.2 Å². The summed E-state index contributed by atoms with van der Waals surface area (Å²) in [6.45, 7) is 4.02. The maximum Gasteiger partial charge on any atom is 0.123 e. The molecule has 1 aliphatic heterocycles. The molecule has 18 heavy (non-hydrogen) atoms. The molecule has 1 saturated heterocycles. The zero-order valence-corrected chi connectivity index (χ0v) is 10.4. The fourth-order valence-corrected chi connectivity index (χ4v) is 2.45. The molecule has 4 heteroatoms. The molecule has 94 valence electrons. The Balaban J connectivity index is 1.94. The Hall–Kier alpha value is -1.68. The molecule has 1 fully saturated rings. The van der Waals surface area contributed by atoms with Crippen molar-refractivity contribution in [3.63, 3.8) is 0 Å². The van der Waals surface area contributed by atoms with Crippen molar-refractivity contribution in [2.75, 3.05) is 13.1 Å². The zero-order chi connectivity index (χ0) is 12.5. The Bertz CT molecular complexity index is 539. The van der Waals surface area contributed by atoms with E-state index < -0.39 is 0 Å². The van der Waals surface area contributed by atoms with Gasteiger partial charge in [-0.05, 0) is 37.6 Å². The van der Waals surface area contributed by atoms with Crippen LogP contribution in [0.5, 0.6) is 0 Å². The summed E-state index contributed by atoms with van der Waals surface area (Å²) in [6.07, 6.45) is 3.18. The van der Waals surface area contributed by atoms with Crippen molar-refractivity contribution >= 4 is 0 Å². The summed E-state index contributed by atoms with van der Waals surface area (Å²) in [4.78, 5) is 0. The van der Waals surface area contributed by atoms with Gasteiger partial charge < -0.3 is 5.32 Å². The van der Waals surface area contributed by atoms with E-state index in [4.69, 9.17) is 0 Å². The van der Waals surface area contributed by atoms with Crippen LogP contribution < -0.4 is 5.32 Å². The Morgan fingerprint density at radius 1 is 1.33 bits per heavy atom. The topological polar surface area (TPSA) is 29.9 Å². The monoisotopic (exact) mass is 245 g/mol. The molecule has 0 amide bonds. The van der Waals surface area contributed by atoms with E-state index in [1.54, 1.807) is 12.1 Å².